The number of amides is 2. The van der Waals surface area contributed by atoms with Gasteiger partial charge in [0.05, 0.1) is 21.9 Å². The van der Waals surface area contributed by atoms with E-state index in [0.717, 1.165) is 5.56 Å². The smallest absolute Gasteiger partial charge is 0.319 e. The predicted octanol–water partition coefficient (Wildman–Crippen LogP) is 3.90. The molecule has 3 aromatic rings. The number of aromatic nitrogens is 1. The number of carbonyl (C=O) groups is 1. The molecule has 0 aliphatic carbocycles. The van der Waals surface area contributed by atoms with Gasteiger partial charge in [-0.2, -0.15) is 0 Å². The highest BCUT2D eigenvalue weighted by Gasteiger charge is 2.19. The van der Waals surface area contributed by atoms with Crippen molar-refractivity contribution in [3.05, 3.63) is 77.6 Å². The second-order valence-electron chi connectivity index (χ2n) is 5.99. The van der Waals surface area contributed by atoms with Gasteiger partial charge in [-0.1, -0.05) is 17.7 Å². The molecule has 0 bridgehead atoms. The number of nitrogens with one attached hydrogen (secondary N) is 2. The fourth-order valence-corrected chi connectivity index (χ4v) is 3.99. The number of sulfone groups is 1. The average Bonchev–Trinajstić information content (AvgIpc) is 2.73. The highest BCUT2D eigenvalue weighted by Crippen LogP contribution is 2.30. The summed E-state index contributed by atoms with van der Waals surface area (Å²) in [7, 11) is -2.34. The van der Waals surface area contributed by atoms with Crippen LogP contribution in [-0.2, 0) is 16.4 Å². The number of urea groups is 1. The fraction of sp³-hybridized carbons (Fsp3) is 0.100. The number of pyridine rings is 1. The van der Waals surface area contributed by atoms with E-state index in [2.05, 4.69) is 15.6 Å². The molecule has 0 saturated carbocycles. The molecule has 0 atom stereocenters. The zero-order valence-electron chi connectivity index (χ0n) is 15.4. The first-order chi connectivity index (χ1) is 13.9. The van der Waals surface area contributed by atoms with Crippen molar-refractivity contribution < 1.29 is 17.9 Å². The van der Waals surface area contributed by atoms with Crippen molar-refractivity contribution in [3.63, 3.8) is 0 Å². The van der Waals surface area contributed by atoms with E-state index in [-0.39, 0.29) is 15.5 Å². The van der Waals surface area contributed by atoms with Crippen molar-refractivity contribution in [2.75, 3.05) is 12.4 Å². The maximum absolute atomic E-state index is 12.8. The van der Waals surface area contributed by atoms with Crippen molar-refractivity contribution in [2.24, 2.45) is 0 Å². The summed E-state index contributed by atoms with van der Waals surface area (Å²) < 4.78 is 30.7. The number of rotatable bonds is 6. The second-order valence-corrected chi connectivity index (χ2v) is 8.35. The van der Waals surface area contributed by atoms with Gasteiger partial charge < -0.3 is 15.4 Å². The van der Waals surface area contributed by atoms with Gasteiger partial charge in [0.2, 0.25) is 9.84 Å². The minimum absolute atomic E-state index is 0.0636. The van der Waals surface area contributed by atoms with Crippen LogP contribution < -0.4 is 15.4 Å². The fourth-order valence-electron chi connectivity index (χ4n) is 2.52. The molecule has 7 nitrogen and oxygen atoms in total. The Kier molecular flexibility index (Phi) is 6.36. The largest absolute Gasteiger partial charge is 0.495 e. The van der Waals surface area contributed by atoms with E-state index in [1.54, 1.807) is 18.5 Å². The third-order valence-corrected chi connectivity index (χ3v) is 6.11. The first-order valence-electron chi connectivity index (χ1n) is 8.52. The van der Waals surface area contributed by atoms with Gasteiger partial charge in [-0.05, 0) is 48.0 Å². The SMILES string of the molecule is COc1cc(S(=O)(=O)c2ccc(NC(=O)NCc3cccnc3)cc2)ccc1Cl. The number of benzene rings is 2. The molecule has 0 fully saturated rings. The van der Waals surface area contributed by atoms with Crippen LogP contribution in [0.2, 0.25) is 5.02 Å². The van der Waals surface area contributed by atoms with Gasteiger partial charge in [-0.25, -0.2) is 13.2 Å². The Bertz CT molecular complexity index is 1100. The Labute approximate surface area is 173 Å². The van der Waals surface area contributed by atoms with E-state index in [1.807, 2.05) is 6.07 Å². The summed E-state index contributed by atoms with van der Waals surface area (Å²) in [6, 6.07) is 13.4. The van der Waals surface area contributed by atoms with Crippen LogP contribution in [0, 0.1) is 0 Å². The van der Waals surface area contributed by atoms with Crippen LogP contribution in [0.4, 0.5) is 10.5 Å². The topological polar surface area (TPSA) is 97.4 Å². The van der Waals surface area contributed by atoms with E-state index in [9.17, 15) is 13.2 Å². The third kappa shape index (κ3) is 5.04. The molecule has 0 unspecified atom stereocenters. The minimum atomic E-state index is -3.75. The highest BCUT2D eigenvalue weighted by atomic mass is 35.5. The predicted molar refractivity (Wildman–Crippen MR) is 110 cm³/mol. The number of carbonyl (C=O) groups excluding carboxylic acids is 1. The van der Waals surface area contributed by atoms with Crippen LogP contribution in [0.15, 0.2) is 76.8 Å². The molecular weight excluding hydrogens is 414 g/mol. The molecule has 0 aliphatic heterocycles. The monoisotopic (exact) mass is 431 g/mol. The lowest BCUT2D eigenvalue weighted by Gasteiger charge is -2.10. The van der Waals surface area contributed by atoms with Crippen LogP contribution >= 0.6 is 11.6 Å². The first-order valence-corrected chi connectivity index (χ1v) is 10.4. The molecule has 1 aromatic heterocycles. The molecule has 0 aliphatic rings. The summed E-state index contributed by atoms with van der Waals surface area (Å²) in [5.74, 6) is 0.274. The van der Waals surface area contributed by atoms with E-state index < -0.39 is 15.9 Å². The summed E-state index contributed by atoms with van der Waals surface area (Å²) >= 11 is 5.96. The van der Waals surface area contributed by atoms with Gasteiger partial charge in [0.1, 0.15) is 5.75 Å². The molecule has 0 saturated heterocycles. The molecule has 2 amide bonds. The summed E-state index contributed by atoms with van der Waals surface area (Å²) in [4.78, 5) is 16.1. The van der Waals surface area contributed by atoms with E-state index in [1.165, 1.54) is 49.6 Å². The number of ether oxygens (including phenoxy) is 1. The molecule has 2 N–H and O–H groups in total. The van der Waals surface area contributed by atoms with Crippen LogP contribution in [0.1, 0.15) is 5.56 Å². The number of anilines is 1. The minimum Gasteiger partial charge on any atom is -0.495 e. The van der Waals surface area contributed by atoms with Crippen molar-refractivity contribution in [2.45, 2.75) is 16.3 Å². The van der Waals surface area contributed by atoms with E-state index in [0.29, 0.717) is 17.3 Å². The summed E-state index contributed by atoms with van der Waals surface area (Å²) in [6.45, 7) is 0.324. The number of methoxy groups -OCH3 is 1. The van der Waals surface area contributed by atoms with Crippen molar-refractivity contribution >= 4 is 33.2 Å². The molecule has 2 aromatic carbocycles. The lowest BCUT2D eigenvalue weighted by atomic mass is 10.3. The Morgan fingerprint density at radius 2 is 1.83 bits per heavy atom. The summed E-state index contributed by atoms with van der Waals surface area (Å²) in [5.41, 5.74) is 1.32. The highest BCUT2D eigenvalue weighted by molar-refractivity contribution is 7.91. The lowest BCUT2D eigenvalue weighted by molar-refractivity contribution is 0.251. The Morgan fingerprint density at radius 1 is 1.10 bits per heavy atom. The molecule has 29 heavy (non-hydrogen) atoms. The van der Waals surface area contributed by atoms with Crippen LogP contribution in [0.3, 0.4) is 0 Å². The van der Waals surface area contributed by atoms with Crippen molar-refractivity contribution in [1.29, 1.82) is 0 Å². The molecular formula is C20H18ClN3O4S. The zero-order chi connectivity index (χ0) is 20.9. The molecule has 0 radical (unpaired) electrons. The van der Waals surface area contributed by atoms with Crippen LogP contribution in [-0.4, -0.2) is 26.5 Å². The van der Waals surface area contributed by atoms with Crippen molar-refractivity contribution in [3.8, 4) is 5.75 Å². The quantitative estimate of drug-likeness (QED) is 0.616. The molecule has 9 heteroatoms. The van der Waals surface area contributed by atoms with Gasteiger partial charge in [0, 0.05) is 30.7 Å². The normalized spacial score (nSPS) is 11.0. The average molecular weight is 432 g/mol. The third-order valence-electron chi connectivity index (χ3n) is 4.03. The van der Waals surface area contributed by atoms with Gasteiger partial charge in [-0.3, -0.25) is 4.98 Å². The van der Waals surface area contributed by atoms with Crippen molar-refractivity contribution in [1.82, 2.24) is 10.3 Å². The van der Waals surface area contributed by atoms with Gasteiger partial charge >= 0.3 is 6.03 Å². The number of nitrogens with zero attached hydrogens (tertiary/aromatic N) is 1. The Balaban J connectivity index is 1.68. The first kappa shape index (κ1) is 20.6. The maximum atomic E-state index is 12.8. The number of hydrogen-bond acceptors (Lipinski definition) is 5. The Hall–Kier alpha value is -3.10. The Morgan fingerprint density at radius 3 is 2.48 bits per heavy atom. The van der Waals surface area contributed by atoms with E-state index in [4.69, 9.17) is 16.3 Å². The summed E-state index contributed by atoms with van der Waals surface area (Å²) in [5, 5.41) is 5.68. The summed E-state index contributed by atoms with van der Waals surface area (Å²) in [6.07, 6.45) is 3.31. The molecule has 1 heterocycles. The van der Waals surface area contributed by atoms with Crippen LogP contribution in [0.5, 0.6) is 5.75 Å². The molecule has 0 spiro atoms. The van der Waals surface area contributed by atoms with Gasteiger partial charge in [0.15, 0.2) is 0 Å². The number of halogens is 1. The zero-order valence-corrected chi connectivity index (χ0v) is 17.0. The molecule has 3 rings (SSSR count). The van der Waals surface area contributed by atoms with Gasteiger partial charge in [-0.15, -0.1) is 0 Å². The second kappa shape index (κ2) is 8.93. The van der Waals surface area contributed by atoms with Gasteiger partial charge in [0.25, 0.3) is 0 Å². The standard InChI is InChI=1S/C20H18ClN3O4S/c1-28-19-11-17(8-9-18(19)21)29(26,27)16-6-4-15(5-7-16)24-20(25)23-13-14-3-2-10-22-12-14/h2-12H,13H2,1H3,(H2,23,24,25). The van der Waals surface area contributed by atoms with E-state index >= 15 is 0 Å². The lowest BCUT2D eigenvalue weighted by Crippen LogP contribution is -2.28. The molecule has 150 valence electrons. The van der Waals surface area contributed by atoms with Crippen LogP contribution in [0.25, 0.3) is 0 Å². The maximum Gasteiger partial charge on any atom is 0.319 e. The number of hydrogen-bond donors (Lipinski definition) is 2.